The Hall–Kier alpha value is -1.50. The quantitative estimate of drug-likeness (QED) is 0.723. The van der Waals surface area contributed by atoms with Gasteiger partial charge in [-0.1, -0.05) is 24.3 Å². The molecule has 6 heteroatoms. The highest BCUT2D eigenvalue weighted by Crippen LogP contribution is 2.41. The van der Waals surface area contributed by atoms with Crippen LogP contribution in [0.2, 0.25) is 0 Å². The molecular weight excluding hydrogens is 320 g/mol. The number of benzene rings is 1. The Bertz CT molecular complexity index is 764. The van der Waals surface area contributed by atoms with Crippen LogP contribution in [0.4, 0.5) is 0 Å². The molecule has 0 aliphatic heterocycles. The van der Waals surface area contributed by atoms with Crippen LogP contribution in [0.5, 0.6) is 0 Å². The second-order valence-electron chi connectivity index (χ2n) is 6.74. The maximum absolute atomic E-state index is 5.60. The van der Waals surface area contributed by atoms with Crippen LogP contribution < -0.4 is 0 Å². The Balaban J connectivity index is 1.56. The van der Waals surface area contributed by atoms with Crippen LogP contribution in [-0.2, 0) is 24.4 Å². The summed E-state index contributed by atoms with van der Waals surface area (Å²) in [6, 6.07) is 10.0. The summed E-state index contributed by atoms with van der Waals surface area (Å²) in [5.41, 5.74) is 3.00. The van der Waals surface area contributed by atoms with Crippen molar-refractivity contribution in [3.05, 3.63) is 46.5 Å². The van der Waals surface area contributed by atoms with E-state index in [9.17, 15) is 0 Å². The van der Waals surface area contributed by atoms with Gasteiger partial charge in [0.15, 0.2) is 4.77 Å². The minimum absolute atomic E-state index is 0.500. The highest BCUT2D eigenvalue weighted by atomic mass is 32.1. The molecule has 1 aromatic carbocycles. The molecule has 1 unspecified atom stereocenters. The van der Waals surface area contributed by atoms with Crippen molar-refractivity contribution in [2.24, 2.45) is 0 Å². The lowest BCUT2D eigenvalue weighted by Gasteiger charge is -2.29. The van der Waals surface area contributed by atoms with Crippen molar-refractivity contribution in [1.29, 1.82) is 0 Å². The fourth-order valence-electron chi connectivity index (χ4n) is 3.72. The number of nitrogens with zero attached hydrogens (tertiary/aromatic N) is 4. The first kappa shape index (κ1) is 16.0. The first-order valence-corrected chi connectivity index (χ1v) is 9.13. The van der Waals surface area contributed by atoms with E-state index in [0.717, 1.165) is 18.0 Å². The molecule has 2 aliphatic rings. The number of hydrogen-bond donors (Lipinski definition) is 0. The maximum Gasteiger partial charge on any atom is 0.198 e. The lowest BCUT2D eigenvalue weighted by molar-refractivity contribution is 0.131. The largest absolute Gasteiger partial charge is 0.383 e. The van der Waals surface area contributed by atoms with E-state index in [-0.39, 0.29) is 0 Å². The molecule has 1 fully saturated rings. The minimum atomic E-state index is 0.500. The van der Waals surface area contributed by atoms with Crippen LogP contribution in [0.15, 0.2) is 30.6 Å². The third-order valence-electron chi connectivity index (χ3n) is 5.15. The Labute approximate surface area is 147 Å². The summed E-state index contributed by atoms with van der Waals surface area (Å²) in [4.78, 5) is 2.61. The number of methoxy groups -OCH3 is 1. The summed E-state index contributed by atoms with van der Waals surface area (Å²) in [6.45, 7) is 2.19. The van der Waals surface area contributed by atoms with Crippen LogP contribution in [0.25, 0.3) is 0 Å². The van der Waals surface area contributed by atoms with Gasteiger partial charge in [-0.05, 0) is 49.0 Å². The molecule has 1 saturated carbocycles. The molecule has 0 amide bonds. The topological polar surface area (TPSA) is 35.2 Å². The second kappa shape index (κ2) is 6.78. The van der Waals surface area contributed by atoms with Gasteiger partial charge < -0.3 is 9.30 Å². The second-order valence-corrected chi connectivity index (χ2v) is 7.10. The molecule has 2 aliphatic carbocycles. The molecule has 128 valence electrons. The normalized spacial score (nSPS) is 19.8. The van der Waals surface area contributed by atoms with Crippen molar-refractivity contribution in [2.75, 3.05) is 13.7 Å². The first-order chi connectivity index (χ1) is 11.8. The van der Waals surface area contributed by atoms with Crippen LogP contribution in [0.1, 0.15) is 36.4 Å². The smallest absolute Gasteiger partial charge is 0.198 e. The maximum atomic E-state index is 5.60. The summed E-state index contributed by atoms with van der Waals surface area (Å²) in [6.07, 6.45) is 6.78. The number of aromatic nitrogens is 3. The zero-order chi connectivity index (χ0) is 16.5. The fraction of sp³-hybridized carbons (Fsp3) is 0.556. The predicted molar refractivity (Wildman–Crippen MR) is 95.3 cm³/mol. The monoisotopic (exact) mass is 344 g/mol. The van der Waals surface area contributed by atoms with Gasteiger partial charge in [0, 0.05) is 25.7 Å². The van der Waals surface area contributed by atoms with Crippen LogP contribution in [0.3, 0.4) is 0 Å². The summed E-state index contributed by atoms with van der Waals surface area (Å²) in [7, 11) is 1.71. The van der Waals surface area contributed by atoms with Crippen molar-refractivity contribution < 1.29 is 4.74 Å². The van der Waals surface area contributed by atoms with E-state index in [1.807, 2.05) is 15.6 Å². The molecule has 1 heterocycles. The van der Waals surface area contributed by atoms with Crippen LogP contribution >= 0.6 is 12.2 Å². The van der Waals surface area contributed by atoms with Crippen molar-refractivity contribution in [2.45, 2.75) is 51.0 Å². The molecule has 0 N–H and O–H groups in total. The molecule has 0 saturated heterocycles. The molecule has 0 bridgehead atoms. The molecule has 24 heavy (non-hydrogen) atoms. The van der Waals surface area contributed by atoms with Gasteiger partial charge in [0.05, 0.1) is 13.3 Å². The highest BCUT2D eigenvalue weighted by molar-refractivity contribution is 7.71. The summed E-state index contributed by atoms with van der Waals surface area (Å²) in [5.74, 6) is 0. The van der Waals surface area contributed by atoms with Crippen LogP contribution in [0, 0.1) is 4.77 Å². The lowest BCUT2D eigenvalue weighted by Crippen LogP contribution is -2.32. The van der Waals surface area contributed by atoms with Gasteiger partial charge >= 0.3 is 0 Å². The summed E-state index contributed by atoms with van der Waals surface area (Å²) >= 11 is 5.60. The van der Waals surface area contributed by atoms with Gasteiger partial charge in [-0.2, -0.15) is 5.10 Å². The van der Waals surface area contributed by atoms with E-state index in [0.29, 0.717) is 18.7 Å². The molecule has 5 nitrogen and oxygen atoms in total. The van der Waals surface area contributed by atoms with E-state index >= 15 is 0 Å². The average Bonchev–Trinajstić information content (AvgIpc) is 3.27. The molecule has 4 rings (SSSR count). The SMILES string of the molecule is COCCn1cnn(CN(C2CC2)C2CCc3ccccc32)c1=S. The highest BCUT2D eigenvalue weighted by Gasteiger charge is 2.37. The predicted octanol–water partition coefficient (Wildman–Crippen LogP) is 3.17. The third-order valence-corrected chi connectivity index (χ3v) is 5.59. The lowest BCUT2D eigenvalue weighted by atomic mass is 10.1. The number of aryl methyl sites for hydroxylation is 1. The zero-order valence-corrected chi connectivity index (χ0v) is 14.9. The zero-order valence-electron chi connectivity index (χ0n) is 14.1. The number of fused-ring (bicyclic) bond motifs is 1. The van der Waals surface area contributed by atoms with Gasteiger partial charge in [-0.25, -0.2) is 4.68 Å². The van der Waals surface area contributed by atoms with Crippen molar-refractivity contribution in [1.82, 2.24) is 19.2 Å². The van der Waals surface area contributed by atoms with Gasteiger partial charge in [-0.3, -0.25) is 4.90 Å². The molecular formula is C18H24N4OS. The van der Waals surface area contributed by atoms with Gasteiger partial charge in [0.25, 0.3) is 0 Å². The van der Waals surface area contributed by atoms with E-state index in [1.165, 1.54) is 36.8 Å². The Morgan fingerprint density at radius 3 is 2.92 bits per heavy atom. The summed E-state index contributed by atoms with van der Waals surface area (Å²) in [5, 5.41) is 4.52. The van der Waals surface area contributed by atoms with Crippen molar-refractivity contribution in [3.8, 4) is 0 Å². The number of rotatable bonds is 7. The van der Waals surface area contributed by atoms with E-state index < -0.39 is 0 Å². The van der Waals surface area contributed by atoms with Gasteiger partial charge in [0.2, 0.25) is 0 Å². The van der Waals surface area contributed by atoms with E-state index in [4.69, 9.17) is 17.0 Å². The fourth-order valence-corrected chi connectivity index (χ4v) is 3.96. The standard InChI is InChI=1S/C18H24N4OS/c1-23-11-10-20-12-19-22(18(20)24)13-21(15-7-8-15)17-9-6-14-4-2-3-5-16(14)17/h2-5,12,15,17H,6-11,13H2,1H3. The van der Waals surface area contributed by atoms with Gasteiger partial charge in [0.1, 0.15) is 6.33 Å². The van der Waals surface area contributed by atoms with Gasteiger partial charge in [-0.15, -0.1) is 0 Å². The molecule has 0 radical (unpaired) electrons. The molecule has 1 aromatic heterocycles. The molecule has 1 atom stereocenters. The molecule has 0 spiro atoms. The number of ether oxygens (including phenoxy) is 1. The van der Waals surface area contributed by atoms with Crippen molar-refractivity contribution >= 4 is 12.2 Å². The Morgan fingerprint density at radius 2 is 2.12 bits per heavy atom. The third kappa shape index (κ3) is 3.06. The Morgan fingerprint density at radius 1 is 1.29 bits per heavy atom. The van der Waals surface area contributed by atoms with Crippen molar-refractivity contribution in [3.63, 3.8) is 0 Å². The average molecular weight is 344 g/mol. The van der Waals surface area contributed by atoms with E-state index in [2.05, 4.69) is 34.3 Å². The number of hydrogen-bond acceptors (Lipinski definition) is 4. The Kier molecular flexibility index (Phi) is 4.52. The first-order valence-electron chi connectivity index (χ1n) is 8.72. The molecule has 2 aromatic rings. The van der Waals surface area contributed by atoms with Crippen LogP contribution in [-0.4, -0.2) is 39.0 Å². The summed E-state index contributed by atoms with van der Waals surface area (Å²) < 4.78 is 9.88. The van der Waals surface area contributed by atoms with E-state index in [1.54, 1.807) is 7.11 Å². The minimum Gasteiger partial charge on any atom is -0.383 e.